The summed E-state index contributed by atoms with van der Waals surface area (Å²) in [7, 11) is 0. The van der Waals surface area contributed by atoms with Gasteiger partial charge in [-0.05, 0) is 53.6 Å². The van der Waals surface area contributed by atoms with Crippen LogP contribution in [0.3, 0.4) is 0 Å². The summed E-state index contributed by atoms with van der Waals surface area (Å²) in [5, 5.41) is 4.46. The van der Waals surface area contributed by atoms with Crippen LogP contribution in [-0.4, -0.2) is 33.7 Å². The Bertz CT molecular complexity index is 1090. The van der Waals surface area contributed by atoms with E-state index in [2.05, 4.69) is 18.9 Å². The third kappa shape index (κ3) is 5.33. The second kappa shape index (κ2) is 9.51. The van der Waals surface area contributed by atoms with E-state index in [1.54, 1.807) is 35.1 Å². The Balaban J connectivity index is 1.59. The Morgan fingerprint density at radius 2 is 1.66 bits per heavy atom. The lowest BCUT2D eigenvalue weighted by Crippen LogP contribution is -2.42. The fourth-order valence-electron chi connectivity index (χ4n) is 4.34. The van der Waals surface area contributed by atoms with Gasteiger partial charge in [0.05, 0.1) is 6.54 Å². The maximum atomic E-state index is 13.6. The van der Waals surface area contributed by atoms with Crippen LogP contribution in [0.1, 0.15) is 41.8 Å². The number of halogens is 2. The molecular formula is C25H27F2N3O2. The third-order valence-electron chi connectivity index (χ3n) is 5.61. The standard InChI is InChI=1S/C25H27F2N3O2/c1-17-9-18(2)13-29(12-17)25(31)23-15-30(14-19-5-3-7-21(26)10-19)28-24(23)32-16-20-6-4-8-22(27)11-20/h3-8,10-11,15,17-18H,9,12-14,16H2,1-2H3. The van der Waals surface area contributed by atoms with Gasteiger partial charge in [0, 0.05) is 19.3 Å². The van der Waals surface area contributed by atoms with Gasteiger partial charge in [-0.25, -0.2) is 8.78 Å². The summed E-state index contributed by atoms with van der Waals surface area (Å²) in [6, 6.07) is 12.4. The third-order valence-corrected chi connectivity index (χ3v) is 5.61. The Hall–Kier alpha value is -3.22. The monoisotopic (exact) mass is 439 g/mol. The highest BCUT2D eigenvalue weighted by atomic mass is 19.1. The van der Waals surface area contributed by atoms with Crippen molar-refractivity contribution in [2.45, 2.75) is 33.4 Å². The first-order valence-corrected chi connectivity index (χ1v) is 10.9. The second-order valence-corrected chi connectivity index (χ2v) is 8.75. The SMILES string of the molecule is CC1CC(C)CN(C(=O)c2cn(Cc3cccc(F)c3)nc2OCc2cccc(F)c2)C1. The predicted molar refractivity (Wildman–Crippen MR) is 117 cm³/mol. The van der Waals surface area contributed by atoms with Crippen molar-refractivity contribution in [1.82, 2.24) is 14.7 Å². The normalized spacial score (nSPS) is 18.6. The molecule has 1 aromatic heterocycles. The molecule has 3 aromatic rings. The minimum absolute atomic E-state index is 0.0851. The highest BCUT2D eigenvalue weighted by Gasteiger charge is 2.29. The van der Waals surface area contributed by atoms with Crippen LogP contribution in [0.2, 0.25) is 0 Å². The fourth-order valence-corrected chi connectivity index (χ4v) is 4.34. The first-order valence-electron chi connectivity index (χ1n) is 10.9. The zero-order valence-corrected chi connectivity index (χ0v) is 18.3. The second-order valence-electron chi connectivity index (χ2n) is 8.75. The van der Waals surface area contributed by atoms with E-state index in [9.17, 15) is 13.6 Å². The minimum Gasteiger partial charge on any atom is -0.471 e. The first-order chi connectivity index (χ1) is 15.4. The number of carbonyl (C=O) groups excluding carboxylic acids is 1. The van der Waals surface area contributed by atoms with E-state index in [0.29, 0.717) is 42.6 Å². The molecule has 5 nitrogen and oxygen atoms in total. The van der Waals surface area contributed by atoms with E-state index >= 15 is 0 Å². The Kier molecular flexibility index (Phi) is 6.53. The molecule has 2 unspecified atom stereocenters. The van der Waals surface area contributed by atoms with E-state index in [1.807, 2.05) is 4.90 Å². The molecule has 0 radical (unpaired) electrons. The maximum Gasteiger partial charge on any atom is 0.260 e. The van der Waals surface area contributed by atoms with Gasteiger partial charge in [0.1, 0.15) is 23.8 Å². The summed E-state index contributed by atoms with van der Waals surface area (Å²) in [4.78, 5) is 15.2. The van der Waals surface area contributed by atoms with Crippen LogP contribution in [-0.2, 0) is 13.2 Å². The molecule has 168 valence electrons. The van der Waals surface area contributed by atoms with Gasteiger partial charge in [-0.15, -0.1) is 5.10 Å². The average Bonchev–Trinajstić information content (AvgIpc) is 3.13. The van der Waals surface area contributed by atoms with Gasteiger partial charge in [-0.1, -0.05) is 38.1 Å². The summed E-state index contributed by atoms with van der Waals surface area (Å²) in [5.74, 6) is 0.216. The lowest BCUT2D eigenvalue weighted by molar-refractivity contribution is 0.0618. The highest BCUT2D eigenvalue weighted by Crippen LogP contribution is 2.26. The smallest absolute Gasteiger partial charge is 0.260 e. The topological polar surface area (TPSA) is 47.4 Å². The zero-order valence-electron chi connectivity index (χ0n) is 18.3. The van der Waals surface area contributed by atoms with Crippen LogP contribution in [0.25, 0.3) is 0 Å². The number of carbonyl (C=O) groups is 1. The molecule has 32 heavy (non-hydrogen) atoms. The lowest BCUT2D eigenvalue weighted by atomic mass is 9.91. The number of hydrogen-bond donors (Lipinski definition) is 0. The number of piperidine rings is 1. The van der Waals surface area contributed by atoms with E-state index in [1.165, 1.54) is 24.3 Å². The summed E-state index contributed by atoms with van der Waals surface area (Å²) < 4.78 is 34.6. The minimum atomic E-state index is -0.352. The van der Waals surface area contributed by atoms with Crippen molar-refractivity contribution in [3.05, 3.63) is 83.1 Å². The molecule has 0 saturated carbocycles. The van der Waals surface area contributed by atoms with Gasteiger partial charge >= 0.3 is 0 Å². The molecule has 0 N–H and O–H groups in total. The van der Waals surface area contributed by atoms with E-state index in [0.717, 1.165) is 12.0 Å². The Labute approximate surface area is 186 Å². The number of benzene rings is 2. The number of nitrogens with zero attached hydrogens (tertiary/aromatic N) is 3. The zero-order chi connectivity index (χ0) is 22.7. The van der Waals surface area contributed by atoms with Crippen LogP contribution in [0.15, 0.2) is 54.7 Å². The molecule has 0 spiro atoms. The van der Waals surface area contributed by atoms with Crippen molar-refractivity contribution >= 4 is 5.91 Å². The van der Waals surface area contributed by atoms with Crippen LogP contribution < -0.4 is 4.74 Å². The summed E-state index contributed by atoms with van der Waals surface area (Å²) in [5.41, 5.74) is 1.73. The Morgan fingerprint density at radius 1 is 1.03 bits per heavy atom. The Morgan fingerprint density at radius 3 is 2.31 bits per heavy atom. The summed E-state index contributed by atoms with van der Waals surface area (Å²) in [6.07, 6.45) is 2.74. The van der Waals surface area contributed by atoms with Crippen molar-refractivity contribution in [2.24, 2.45) is 11.8 Å². The molecule has 1 aliphatic heterocycles. The van der Waals surface area contributed by atoms with E-state index in [4.69, 9.17) is 4.74 Å². The van der Waals surface area contributed by atoms with Crippen LogP contribution >= 0.6 is 0 Å². The number of likely N-dealkylation sites (tertiary alicyclic amines) is 1. The molecular weight excluding hydrogens is 412 g/mol. The van der Waals surface area contributed by atoms with Crippen molar-refractivity contribution < 1.29 is 18.3 Å². The number of aromatic nitrogens is 2. The fraction of sp³-hybridized carbons (Fsp3) is 0.360. The molecule has 4 rings (SSSR count). The van der Waals surface area contributed by atoms with Gasteiger partial charge < -0.3 is 9.64 Å². The van der Waals surface area contributed by atoms with Crippen LogP contribution in [0, 0.1) is 23.5 Å². The van der Waals surface area contributed by atoms with Crippen molar-refractivity contribution in [3.63, 3.8) is 0 Å². The van der Waals surface area contributed by atoms with Crippen LogP contribution in [0.5, 0.6) is 5.88 Å². The number of amides is 1. The van der Waals surface area contributed by atoms with Gasteiger partial charge in [0.2, 0.25) is 5.88 Å². The van der Waals surface area contributed by atoms with Crippen molar-refractivity contribution in [3.8, 4) is 5.88 Å². The molecule has 1 amide bonds. The number of hydrogen-bond acceptors (Lipinski definition) is 3. The molecule has 7 heteroatoms. The van der Waals surface area contributed by atoms with Crippen molar-refractivity contribution in [2.75, 3.05) is 13.1 Å². The highest BCUT2D eigenvalue weighted by molar-refractivity contribution is 5.96. The molecule has 0 bridgehead atoms. The van der Waals surface area contributed by atoms with Gasteiger partial charge in [-0.2, -0.15) is 0 Å². The quantitative estimate of drug-likeness (QED) is 0.549. The number of ether oxygens (including phenoxy) is 1. The van der Waals surface area contributed by atoms with Gasteiger partial charge in [0.15, 0.2) is 0 Å². The lowest BCUT2D eigenvalue weighted by Gasteiger charge is -2.34. The summed E-state index contributed by atoms with van der Waals surface area (Å²) in [6.45, 7) is 6.04. The molecule has 1 fully saturated rings. The molecule has 0 aliphatic carbocycles. The number of rotatable bonds is 6. The molecule has 2 aromatic carbocycles. The largest absolute Gasteiger partial charge is 0.471 e. The molecule has 2 heterocycles. The first kappa shape index (κ1) is 22.0. The maximum absolute atomic E-state index is 13.6. The van der Waals surface area contributed by atoms with E-state index < -0.39 is 0 Å². The van der Waals surface area contributed by atoms with Crippen LogP contribution in [0.4, 0.5) is 8.78 Å². The molecule has 1 aliphatic rings. The average molecular weight is 440 g/mol. The van der Waals surface area contributed by atoms with Crippen molar-refractivity contribution in [1.29, 1.82) is 0 Å². The summed E-state index contributed by atoms with van der Waals surface area (Å²) >= 11 is 0. The van der Waals surface area contributed by atoms with Gasteiger partial charge in [-0.3, -0.25) is 9.48 Å². The molecule has 1 saturated heterocycles. The predicted octanol–water partition coefficient (Wildman–Crippen LogP) is 4.91. The van der Waals surface area contributed by atoms with E-state index in [-0.39, 0.29) is 30.0 Å². The van der Waals surface area contributed by atoms with Gasteiger partial charge in [0.25, 0.3) is 5.91 Å². The molecule has 2 atom stereocenters.